The molecule has 1 aromatic carbocycles. The van der Waals surface area contributed by atoms with E-state index in [0.29, 0.717) is 21.6 Å². The number of fused-ring (bicyclic) bond motifs is 2. The Bertz CT molecular complexity index is 1510. The molecule has 5 rings (SSSR count). The number of aliphatic hydroxyl groups excluding tert-OH is 1. The van der Waals surface area contributed by atoms with E-state index in [4.69, 9.17) is 10.5 Å². The number of benzene rings is 1. The Balaban J connectivity index is 1.48. The van der Waals surface area contributed by atoms with Crippen LogP contribution in [0.25, 0.3) is 10.9 Å². The number of hydrogen-bond donors (Lipinski definition) is 4. The minimum absolute atomic E-state index is 0.0885. The predicted molar refractivity (Wildman–Crippen MR) is 149 cm³/mol. The number of thioether (sulfide) groups is 1. The molecule has 2 saturated heterocycles. The number of amides is 3. The van der Waals surface area contributed by atoms with Gasteiger partial charge in [0.2, 0.25) is 5.91 Å². The summed E-state index contributed by atoms with van der Waals surface area (Å²) in [5, 5.41) is 30.3. The van der Waals surface area contributed by atoms with Crippen molar-refractivity contribution in [3.05, 3.63) is 58.8 Å². The molecular formula is C28H30N4O8S. The highest BCUT2D eigenvalue weighted by Crippen LogP contribution is 2.53. The van der Waals surface area contributed by atoms with Crippen LogP contribution in [0.1, 0.15) is 42.4 Å². The number of aliphatic hydroxyl groups is 1. The number of likely N-dealkylation sites (tertiary alicyclic amines) is 1. The fourth-order valence-electron chi connectivity index (χ4n) is 6.08. The summed E-state index contributed by atoms with van der Waals surface area (Å²) >= 11 is 1.24. The summed E-state index contributed by atoms with van der Waals surface area (Å²) in [4.78, 5) is 57.5. The van der Waals surface area contributed by atoms with Crippen molar-refractivity contribution >= 4 is 46.5 Å². The van der Waals surface area contributed by atoms with Crippen molar-refractivity contribution in [3.8, 4) is 5.75 Å². The van der Waals surface area contributed by atoms with Gasteiger partial charge in [0.1, 0.15) is 18.1 Å². The second-order valence-corrected chi connectivity index (χ2v) is 11.8. The van der Waals surface area contributed by atoms with E-state index in [0.717, 1.165) is 0 Å². The number of aromatic carboxylic acids is 1. The van der Waals surface area contributed by atoms with E-state index < -0.39 is 48.0 Å². The number of nitrogens with two attached hydrogens (primary N) is 1. The predicted octanol–water partition coefficient (Wildman–Crippen LogP) is 2.58. The number of carboxylic acid groups (broad SMARTS) is 2. The molecule has 3 aliphatic rings. The zero-order valence-corrected chi connectivity index (χ0v) is 23.2. The first-order valence-electron chi connectivity index (χ1n) is 13.1. The van der Waals surface area contributed by atoms with Crippen LogP contribution in [0, 0.1) is 11.8 Å². The number of carboxylic acids is 2. The molecular weight excluding hydrogens is 552 g/mol. The number of carbonyl (C=O) groups excluding carboxylic acids is 2. The van der Waals surface area contributed by atoms with Gasteiger partial charge < -0.3 is 35.6 Å². The van der Waals surface area contributed by atoms with Gasteiger partial charge in [-0.2, -0.15) is 0 Å². The van der Waals surface area contributed by atoms with Gasteiger partial charge >= 0.3 is 18.0 Å². The number of hydrogen-bond acceptors (Lipinski definition) is 8. The number of β-lactam (4-membered cyclic amide) rings is 1. The zero-order valence-electron chi connectivity index (χ0n) is 22.4. The lowest BCUT2D eigenvalue weighted by atomic mass is 9.79. The summed E-state index contributed by atoms with van der Waals surface area (Å²) in [7, 11) is 0. The van der Waals surface area contributed by atoms with Gasteiger partial charge in [-0.3, -0.25) is 4.79 Å². The van der Waals surface area contributed by atoms with Gasteiger partial charge in [-0.1, -0.05) is 19.6 Å². The molecule has 0 saturated carbocycles. The third kappa shape index (κ3) is 4.78. The molecule has 0 spiro atoms. The Morgan fingerprint density at radius 3 is 2.61 bits per heavy atom. The van der Waals surface area contributed by atoms with Crippen molar-refractivity contribution in [2.75, 3.05) is 13.2 Å². The van der Waals surface area contributed by atoms with Crippen LogP contribution in [0.5, 0.6) is 5.75 Å². The molecule has 4 heterocycles. The molecule has 41 heavy (non-hydrogen) atoms. The van der Waals surface area contributed by atoms with Gasteiger partial charge in [0, 0.05) is 28.0 Å². The maximum absolute atomic E-state index is 12.7. The Morgan fingerprint density at radius 1 is 1.27 bits per heavy atom. The monoisotopic (exact) mass is 582 g/mol. The lowest BCUT2D eigenvalue weighted by molar-refractivity contribution is -0.163. The maximum atomic E-state index is 12.7. The van der Waals surface area contributed by atoms with Crippen molar-refractivity contribution in [3.63, 3.8) is 0 Å². The van der Waals surface area contributed by atoms with Gasteiger partial charge in [-0.05, 0) is 37.6 Å². The van der Waals surface area contributed by atoms with Gasteiger partial charge in [-0.15, -0.1) is 11.8 Å². The minimum atomic E-state index is -1.25. The SMILES string of the molecule is C=CCOc1ccc2nc(C3CC(SC4=C(C(=O)O)N5C(=O)C(C(C)O)[C@H]5C4C)CN3C(N)=O)c(C(=O)O)cc2c1. The molecule has 216 valence electrons. The summed E-state index contributed by atoms with van der Waals surface area (Å²) in [6.45, 7) is 7.34. The highest BCUT2D eigenvalue weighted by Gasteiger charge is 2.60. The first-order valence-corrected chi connectivity index (χ1v) is 14.0. The van der Waals surface area contributed by atoms with Crippen LogP contribution in [0.3, 0.4) is 0 Å². The molecule has 0 aliphatic carbocycles. The van der Waals surface area contributed by atoms with Crippen LogP contribution < -0.4 is 10.5 Å². The standard InChI is InChI=1S/C28H30N4O8S/c1-4-7-40-15-5-6-18-14(8-15)9-17(26(35)36)21(30-18)19-10-16(11-31(19)28(29)39)41-24-12(2)22-20(13(3)33)25(34)32(22)23(24)27(37)38/h4-6,8-9,12-13,16,19-20,22,33H,1,7,10-11H2,2-3H3,(H2,29,39)(H,35,36)(H,37,38)/t12?,13?,16?,19?,20?,22-/m1/s1. The molecule has 13 heteroatoms. The number of rotatable bonds is 9. The number of aromatic nitrogens is 1. The normalized spacial score (nSPS) is 26.1. The zero-order chi connectivity index (χ0) is 29.7. The highest BCUT2D eigenvalue weighted by atomic mass is 32.2. The van der Waals surface area contributed by atoms with E-state index in [1.807, 2.05) is 6.92 Å². The van der Waals surface area contributed by atoms with Gasteiger partial charge in [0.15, 0.2) is 0 Å². The van der Waals surface area contributed by atoms with E-state index in [2.05, 4.69) is 11.6 Å². The van der Waals surface area contributed by atoms with Crippen LogP contribution >= 0.6 is 11.8 Å². The number of urea groups is 1. The number of ether oxygens (including phenoxy) is 1. The fourth-order valence-corrected chi connectivity index (χ4v) is 7.61. The Morgan fingerprint density at radius 2 is 2.00 bits per heavy atom. The average Bonchev–Trinajstić information content (AvgIpc) is 3.44. The van der Waals surface area contributed by atoms with Crippen molar-refractivity contribution in [2.24, 2.45) is 17.6 Å². The molecule has 0 radical (unpaired) electrons. The molecule has 2 aromatic rings. The average molecular weight is 583 g/mol. The summed E-state index contributed by atoms with van der Waals surface area (Å²) in [5.74, 6) is -3.43. The second kappa shape index (κ2) is 10.7. The van der Waals surface area contributed by atoms with E-state index in [-0.39, 0.29) is 47.7 Å². The smallest absolute Gasteiger partial charge is 0.353 e. The molecule has 2 fully saturated rings. The van der Waals surface area contributed by atoms with E-state index in [9.17, 15) is 34.5 Å². The Kier molecular flexibility index (Phi) is 7.43. The lowest BCUT2D eigenvalue weighted by Gasteiger charge is -2.46. The largest absolute Gasteiger partial charge is 0.490 e. The summed E-state index contributed by atoms with van der Waals surface area (Å²) in [5.41, 5.74) is 6.19. The highest BCUT2D eigenvalue weighted by molar-refractivity contribution is 8.03. The molecule has 12 nitrogen and oxygen atoms in total. The summed E-state index contributed by atoms with van der Waals surface area (Å²) in [6.07, 6.45) is 0.924. The van der Waals surface area contributed by atoms with Gasteiger partial charge in [-0.25, -0.2) is 19.4 Å². The number of primary amides is 1. The van der Waals surface area contributed by atoms with Crippen molar-refractivity contribution in [1.82, 2.24) is 14.8 Å². The van der Waals surface area contributed by atoms with Crippen molar-refractivity contribution < 1.29 is 39.2 Å². The Labute approximate surface area is 239 Å². The van der Waals surface area contributed by atoms with E-state index in [1.54, 1.807) is 24.3 Å². The summed E-state index contributed by atoms with van der Waals surface area (Å²) < 4.78 is 5.55. The number of nitrogens with zero attached hydrogens (tertiary/aromatic N) is 3. The molecule has 6 atom stereocenters. The third-order valence-electron chi connectivity index (χ3n) is 7.88. The van der Waals surface area contributed by atoms with E-state index in [1.165, 1.54) is 34.6 Å². The Hall–Kier alpha value is -4.10. The number of pyridine rings is 1. The molecule has 3 amide bonds. The summed E-state index contributed by atoms with van der Waals surface area (Å²) in [6, 6.07) is 4.56. The van der Waals surface area contributed by atoms with Crippen molar-refractivity contribution in [2.45, 2.75) is 43.7 Å². The van der Waals surface area contributed by atoms with Crippen LogP contribution in [-0.2, 0) is 9.59 Å². The molecule has 1 aromatic heterocycles. The van der Waals surface area contributed by atoms with Gasteiger partial charge in [0.05, 0.1) is 40.9 Å². The molecule has 0 bridgehead atoms. The second-order valence-electron chi connectivity index (χ2n) is 10.4. The van der Waals surface area contributed by atoms with Gasteiger partial charge in [0.25, 0.3) is 0 Å². The number of carbonyl (C=O) groups is 4. The lowest BCUT2D eigenvalue weighted by Crippen LogP contribution is -2.63. The quantitative estimate of drug-likeness (QED) is 0.253. The van der Waals surface area contributed by atoms with Crippen LogP contribution in [-0.4, -0.2) is 84.5 Å². The first kappa shape index (κ1) is 28.4. The molecule has 3 aliphatic heterocycles. The minimum Gasteiger partial charge on any atom is -0.490 e. The molecule has 5 N–H and O–H groups in total. The first-order chi connectivity index (χ1) is 19.4. The van der Waals surface area contributed by atoms with E-state index >= 15 is 0 Å². The van der Waals surface area contributed by atoms with Crippen LogP contribution in [0.4, 0.5) is 4.79 Å². The maximum Gasteiger partial charge on any atom is 0.353 e. The third-order valence-corrected chi connectivity index (χ3v) is 9.37. The fraction of sp³-hybridized carbons (Fsp3) is 0.393. The van der Waals surface area contributed by atoms with Crippen LogP contribution in [0.15, 0.2) is 47.5 Å². The topological polar surface area (TPSA) is 184 Å². The molecule has 5 unspecified atom stereocenters. The van der Waals surface area contributed by atoms with Crippen LogP contribution in [0.2, 0.25) is 0 Å². The van der Waals surface area contributed by atoms with Crippen molar-refractivity contribution in [1.29, 1.82) is 0 Å². The number of aliphatic carboxylic acids is 1.